The third-order valence-electron chi connectivity index (χ3n) is 2.99. The Bertz CT molecular complexity index is 474. The van der Waals surface area contributed by atoms with E-state index in [1.807, 2.05) is 38.1 Å². The molecule has 4 nitrogen and oxygen atoms in total. The molecule has 1 aromatic carbocycles. The fourth-order valence-corrected chi connectivity index (χ4v) is 2.30. The van der Waals surface area contributed by atoms with E-state index >= 15 is 0 Å². The van der Waals surface area contributed by atoms with Crippen LogP contribution in [-0.4, -0.2) is 36.5 Å². The summed E-state index contributed by atoms with van der Waals surface area (Å²) in [4.78, 5) is 25.1. The highest BCUT2D eigenvalue weighted by atomic mass is 79.9. The molecule has 0 saturated heterocycles. The quantitative estimate of drug-likeness (QED) is 0.747. The number of methoxy groups -OCH3 is 1. The van der Waals surface area contributed by atoms with E-state index in [1.54, 1.807) is 4.90 Å². The van der Waals surface area contributed by atoms with Gasteiger partial charge in [-0.3, -0.25) is 9.59 Å². The molecule has 0 N–H and O–H groups in total. The zero-order valence-corrected chi connectivity index (χ0v) is 13.6. The third-order valence-corrected chi connectivity index (χ3v) is 3.48. The van der Waals surface area contributed by atoms with E-state index in [9.17, 15) is 9.59 Å². The van der Waals surface area contributed by atoms with Gasteiger partial charge in [-0.1, -0.05) is 28.1 Å². The Labute approximate surface area is 128 Å². The summed E-state index contributed by atoms with van der Waals surface area (Å²) in [5, 5.41) is 0. The smallest absolute Gasteiger partial charge is 0.325 e. The molecule has 1 rings (SSSR count). The van der Waals surface area contributed by atoms with Gasteiger partial charge < -0.3 is 9.64 Å². The Balaban J connectivity index is 2.60. The molecule has 0 aromatic heterocycles. The lowest BCUT2D eigenvalue weighted by atomic mass is 10.1. The number of amides is 1. The predicted molar refractivity (Wildman–Crippen MR) is 81.3 cm³/mol. The van der Waals surface area contributed by atoms with Crippen LogP contribution in [0.5, 0.6) is 0 Å². The number of halogens is 1. The van der Waals surface area contributed by atoms with Crippen molar-refractivity contribution in [1.82, 2.24) is 4.90 Å². The van der Waals surface area contributed by atoms with Gasteiger partial charge in [-0.25, -0.2) is 0 Å². The number of hydrogen-bond acceptors (Lipinski definition) is 3. The van der Waals surface area contributed by atoms with Gasteiger partial charge in [0.25, 0.3) is 0 Å². The van der Waals surface area contributed by atoms with Gasteiger partial charge in [-0.2, -0.15) is 0 Å². The van der Waals surface area contributed by atoms with Crippen LogP contribution in [0.25, 0.3) is 0 Å². The highest BCUT2D eigenvalue weighted by molar-refractivity contribution is 9.10. The van der Waals surface area contributed by atoms with Crippen molar-refractivity contribution in [1.29, 1.82) is 0 Å². The Morgan fingerprint density at radius 1 is 1.35 bits per heavy atom. The molecular weight excluding hydrogens is 322 g/mol. The van der Waals surface area contributed by atoms with Crippen molar-refractivity contribution in [3.63, 3.8) is 0 Å². The van der Waals surface area contributed by atoms with Gasteiger partial charge in [0.15, 0.2) is 0 Å². The number of nitrogens with zero attached hydrogens (tertiary/aromatic N) is 1. The fourth-order valence-electron chi connectivity index (χ4n) is 1.85. The standard InChI is InChI=1S/C15H20BrNO3/c1-11(2)17(10-15(19)20-3)14(18)8-7-12-5-4-6-13(16)9-12/h4-6,9,11H,7-8,10H2,1-3H3. The van der Waals surface area contributed by atoms with E-state index < -0.39 is 5.97 Å². The highest BCUT2D eigenvalue weighted by Gasteiger charge is 2.20. The molecule has 5 heteroatoms. The number of aryl methyl sites for hydroxylation is 1. The Hall–Kier alpha value is -1.36. The molecule has 0 atom stereocenters. The molecule has 0 aliphatic heterocycles. The van der Waals surface area contributed by atoms with Crippen molar-refractivity contribution in [2.75, 3.05) is 13.7 Å². The van der Waals surface area contributed by atoms with Crippen molar-refractivity contribution in [2.24, 2.45) is 0 Å². The molecule has 0 spiro atoms. The van der Waals surface area contributed by atoms with Crippen molar-refractivity contribution in [2.45, 2.75) is 32.7 Å². The zero-order chi connectivity index (χ0) is 15.1. The molecular formula is C15H20BrNO3. The third kappa shape index (κ3) is 5.33. The summed E-state index contributed by atoms with van der Waals surface area (Å²) in [7, 11) is 1.33. The topological polar surface area (TPSA) is 46.6 Å². The minimum atomic E-state index is -0.394. The number of carbonyl (C=O) groups is 2. The highest BCUT2D eigenvalue weighted by Crippen LogP contribution is 2.14. The molecule has 1 aromatic rings. The lowest BCUT2D eigenvalue weighted by Crippen LogP contribution is -2.41. The second-order valence-electron chi connectivity index (χ2n) is 4.82. The van der Waals surface area contributed by atoms with Crippen LogP contribution in [-0.2, 0) is 20.7 Å². The number of rotatable bonds is 6. The van der Waals surface area contributed by atoms with E-state index in [2.05, 4.69) is 20.7 Å². The first-order chi connectivity index (χ1) is 9.43. The largest absolute Gasteiger partial charge is 0.468 e. The monoisotopic (exact) mass is 341 g/mol. The molecule has 1 amide bonds. The van der Waals surface area contributed by atoms with Gasteiger partial charge in [-0.05, 0) is 38.0 Å². The summed E-state index contributed by atoms with van der Waals surface area (Å²) in [6.45, 7) is 3.78. The summed E-state index contributed by atoms with van der Waals surface area (Å²) in [6.07, 6.45) is 1.04. The molecule has 0 fully saturated rings. The number of carbonyl (C=O) groups excluding carboxylic acids is 2. The molecule has 0 unspecified atom stereocenters. The summed E-state index contributed by atoms with van der Waals surface area (Å²) in [5.41, 5.74) is 1.09. The predicted octanol–water partition coefficient (Wildman–Crippen LogP) is 2.79. The van der Waals surface area contributed by atoms with E-state index in [-0.39, 0.29) is 18.5 Å². The van der Waals surface area contributed by atoms with Crippen LogP contribution in [0.1, 0.15) is 25.8 Å². The molecule has 0 aliphatic rings. The van der Waals surface area contributed by atoms with Crippen LogP contribution in [0.2, 0.25) is 0 Å². The van der Waals surface area contributed by atoms with Crippen molar-refractivity contribution in [3.05, 3.63) is 34.3 Å². The number of hydrogen-bond donors (Lipinski definition) is 0. The average Bonchev–Trinajstić information content (AvgIpc) is 2.41. The van der Waals surface area contributed by atoms with Crippen molar-refractivity contribution < 1.29 is 14.3 Å². The first-order valence-corrected chi connectivity index (χ1v) is 7.34. The molecule has 20 heavy (non-hydrogen) atoms. The molecule has 110 valence electrons. The summed E-state index contributed by atoms with van der Waals surface area (Å²) < 4.78 is 5.62. The lowest BCUT2D eigenvalue weighted by Gasteiger charge is -2.25. The normalized spacial score (nSPS) is 10.4. The zero-order valence-electron chi connectivity index (χ0n) is 12.1. The first-order valence-electron chi connectivity index (χ1n) is 6.54. The van der Waals surface area contributed by atoms with Crippen molar-refractivity contribution >= 4 is 27.8 Å². The number of esters is 1. The van der Waals surface area contributed by atoms with E-state index in [0.717, 1.165) is 10.0 Å². The minimum Gasteiger partial charge on any atom is -0.468 e. The van der Waals surface area contributed by atoms with Crippen LogP contribution in [0, 0.1) is 0 Å². The molecule has 0 heterocycles. The Kier molecular flexibility index (Phi) is 6.71. The second kappa shape index (κ2) is 8.04. The Morgan fingerprint density at radius 3 is 2.60 bits per heavy atom. The summed E-state index contributed by atoms with van der Waals surface area (Å²) in [5.74, 6) is -0.431. The van der Waals surface area contributed by atoms with Gasteiger partial charge in [0.2, 0.25) is 5.91 Å². The average molecular weight is 342 g/mol. The van der Waals surface area contributed by atoms with Gasteiger partial charge in [0.05, 0.1) is 7.11 Å². The van der Waals surface area contributed by atoms with Crippen LogP contribution >= 0.6 is 15.9 Å². The summed E-state index contributed by atoms with van der Waals surface area (Å²) >= 11 is 3.41. The van der Waals surface area contributed by atoms with Crippen LogP contribution < -0.4 is 0 Å². The van der Waals surface area contributed by atoms with E-state index in [4.69, 9.17) is 0 Å². The lowest BCUT2D eigenvalue weighted by molar-refractivity contribution is -0.148. The Morgan fingerprint density at radius 2 is 2.05 bits per heavy atom. The molecule has 0 bridgehead atoms. The van der Waals surface area contributed by atoms with Crippen LogP contribution in [0.4, 0.5) is 0 Å². The van der Waals surface area contributed by atoms with Gasteiger partial charge in [0.1, 0.15) is 6.54 Å². The number of ether oxygens (including phenoxy) is 1. The van der Waals surface area contributed by atoms with Crippen LogP contribution in [0.3, 0.4) is 0 Å². The first kappa shape index (κ1) is 16.7. The molecule has 0 radical (unpaired) electrons. The van der Waals surface area contributed by atoms with E-state index in [0.29, 0.717) is 12.8 Å². The van der Waals surface area contributed by atoms with Crippen molar-refractivity contribution in [3.8, 4) is 0 Å². The minimum absolute atomic E-state index is 0.00544. The van der Waals surface area contributed by atoms with Gasteiger partial charge in [0, 0.05) is 16.9 Å². The van der Waals surface area contributed by atoms with Gasteiger partial charge in [-0.15, -0.1) is 0 Å². The SMILES string of the molecule is COC(=O)CN(C(=O)CCc1cccc(Br)c1)C(C)C. The number of benzene rings is 1. The molecule has 0 saturated carbocycles. The van der Waals surface area contributed by atoms with Gasteiger partial charge >= 0.3 is 5.97 Å². The molecule has 0 aliphatic carbocycles. The summed E-state index contributed by atoms with van der Waals surface area (Å²) in [6, 6.07) is 7.84. The fraction of sp³-hybridized carbons (Fsp3) is 0.467. The maximum absolute atomic E-state index is 12.2. The maximum Gasteiger partial charge on any atom is 0.325 e. The van der Waals surface area contributed by atoms with E-state index in [1.165, 1.54) is 7.11 Å². The van der Waals surface area contributed by atoms with Crippen LogP contribution in [0.15, 0.2) is 28.7 Å². The maximum atomic E-state index is 12.2. The second-order valence-corrected chi connectivity index (χ2v) is 5.74.